The number of carbonyl (C=O) groups is 1. The van der Waals surface area contributed by atoms with E-state index < -0.39 is 0 Å². The van der Waals surface area contributed by atoms with E-state index in [1.165, 1.54) is 17.7 Å². The molecule has 0 bridgehead atoms. The van der Waals surface area contributed by atoms with E-state index in [1.54, 1.807) is 35.5 Å². The van der Waals surface area contributed by atoms with Crippen molar-refractivity contribution in [3.8, 4) is 17.0 Å². The van der Waals surface area contributed by atoms with Crippen molar-refractivity contribution in [1.29, 1.82) is 0 Å². The average Bonchev–Trinajstić information content (AvgIpc) is 3.51. The fourth-order valence-corrected chi connectivity index (χ4v) is 4.04. The van der Waals surface area contributed by atoms with Crippen molar-refractivity contribution in [1.82, 2.24) is 19.4 Å². The summed E-state index contributed by atoms with van der Waals surface area (Å²) in [6.45, 7) is 0. The standard InChI is InChI=1S/C21H15N5O3S/c27-18(9-14-10-23-25(11-14)15-5-2-1-3-6-15)24-26-13-22-20-19(21(26)28)16(12-30-20)17-7-4-8-29-17/h1-8,10-13H,9H2,(H,24,27). The molecule has 4 aromatic heterocycles. The molecule has 30 heavy (non-hydrogen) atoms. The molecule has 5 rings (SSSR count). The van der Waals surface area contributed by atoms with E-state index >= 15 is 0 Å². The van der Waals surface area contributed by atoms with Crippen molar-refractivity contribution < 1.29 is 9.21 Å². The highest BCUT2D eigenvalue weighted by Crippen LogP contribution is 2.30. The Balaban J connectivity index is 1.38. The Labute approximate surface area is 174 Å². The van der Waals surface area contributed by atoms with E-state index in [4.69, 9.17) is 4.42 Å². The van der Waals surface area contributed by atoms with Crippen LogP contribution in [0, 0.1) is 0 Å². The number of benzene rings is 1. The van der Waals surface area contributed by atoms with E-state index in [-0.39, 0.29) is 17.9 Å². The molecule has 0 spiro atoms. The highest BCUT2D eigenvalue weighted by Gasteiger charge is 2.16. The first kappa shape index (κ1) is 18.1. The van der Waals surface area contributed by atoms with E-state index in [0.29, 0.717) is 21.5 Å². The van der Waals surface area contributed by atoms with Gasteiger partial charge in [0.05, 0.1) is 30.0 Å². The van der Waals surface area contributed by atoms with Crippen molar-refractivity contribution in [2.24, 2.45) is 0 Å². The summed E-state index contributed by atoms with van der Waals surface area (Å²) in [6, 6.07) is 13.1. The van der Waals surface area contributed by atoms with Gasteiger partial charge in [0.2, 0.25) is 5.91 Å². The lowest BCUT2D eigenvalue weighted by atomic mass is 10.2. The largest absolute Gasteiger partial charge is 0.464 e. The van der Waals surface area contributed by atoms with Crippen LogP contribution in [0.2, 0.25) is 0 Å². The van der Waals surface area contributed by atoms with E-state index in [2.05, 4.69) is 15.5 Å². The van der Waals surface area contributed by atoms with Crippen molar-refractivity contribution in [2.75, 3.05) is 5.43 Å². The molecule has 0 radical (unpaired) electrons. The number of thiophene rings is 1. The number of hydrogen-bond donors (Lipinski definition) is 1. The van der Waals surface area contributed by atoms with Gasteiger partial charge in [0.15, 0.2) is 0 Å². The van der Waals surface area contributed by atoms with Gasteiger partial charge >= 0.3 is 0 Å². The quantitative estimate of drug-likeness (QED) is 0.474. The molecule has 0 atom stereocenters. The van der Waals surface area contributed by atoms with Gasteiger partial charge < -0.3 is 4.42 Å². The fraction of sp³-hybridized carbons (Fsp3) is 0.0476. The van der Waals surface area contributed by atoms with Crippen LogP contribution in [0.15, 0.2) is 82.0 Å². The first-order valence-electron chi connectivity index (χ1n) is 9.10. The molecule has 0 aliphatic carbocycles. The van der Waals surface area contributed by atoms with Crippen LogP contribution in [0.4, 0.5) is 0 Å². The molecule has 8 nitrogen and oxygen atoms in total. The Morgan fingerprint density at radius 2 is 2.03 bits per heavy atom. The van der Waals surface area contributed by atoms with Crippen LogP contribution in [0.5, 0.6) is 0 Å². The van der Waals surface area contributed by atoms with Gasteiger partial charge in [-0.3, -0.25) is 15.0 Å². The third kappa shape index (κ3) is 3.31. The minimum Gasteiger partial charge on any atom is -0.464 e. The van der Waals surface area contributed by atoms with Crippen LogP contribution in [0.25, 0.3) is 27.2 Å². The van der Waals surface area contributed by atoms with Crippen molar-refractivity contribution >= 4 is 27.5 Å². The van der Waals surface area contributed by atoms with E-state index in [9.17, 15) is 9.59 Å². The van der Waals surface area contributed by atoms with Crippen LogP contribution in [-0.2, 0) is 11.2 Å². The van der Waals surface area contributed by atoms with Crippen LogP contribution in [0.3, 0.4) is 0 Å². The Hall–Kier alpha value is -3.98. The monoisotopic (exact) mass is 417 g/mol. The molecule has 1 N–H and O–H groups in total. The zero-order chi connectivity index (χ0) is 20.5. The molecular weight excluding hydrogens is 402 g/mol. The number of aromatic nitrogens is 4. The summed E-state index contributed by atoms with van der Waals surface area (Å²) in [6.07, 6.45) is 6.35. The SMILES string of the molecule is O=C(Cc1cnn(-c2ccccc2)c1)Nn1cnc2scc(-c3ccco3)c2c1=O. The predicted molar refractivity (Wildman–Crippen MR) is 113 cm³/mol. The molecule has 9 heteroatoms. The topological polar surface area (TPSA) is 95.0 Å². The number of amides is 1. The minimum absolute atomic E-state index is 0.0754. The molecule has 0 aliphatic heterocycles. The molecule has 5 aromatic rings. The molecule has 0 saturated carbocycles. The Morgan fingerprint density at radius 3 is 2.83 bits per heavy atom. The van der Waals surface area contributed by atoms with Gasteiger partial charge in [-0.15, -0.1) is 11.3 Å². The van der Waals surface area contributed by atoms with Gasteiger partial charge in [0.25, 0.3) is 5.56 Å². The van der Waals surface area contributed by atoms with Crippen LogP contribution in [-0.4, -0.2) is 25.3 Å². The molecule has 0 saturated heterocycles. The summed E-state index contributed by atoms with van der Waals surface area (Å²) in [5, 5.41) is 6.52. The minimum atomic E-state index is -0.360. The lowest BCUT2D eigenvalue weighted by Gasteiger charge is -2.07. The van der Waals surface area contributed by atoms with Crippen LogP contribution in [0.1, 0.15) is 5.56 Å². The van der Waals surface area contributed by atoms with Crippen molar-refractivity contribution in [3.05, 3.63) is 88.7 Å². The van der Waals surface area contributed by atoms with E-state index in [1.807, 2.05) is 35.7 Å². The lowest BCUT2D eigenvalue weighted by Crippen LogP contribution is -2.33. The number of carbonyl (C=O) groups excluding carboxylic acids is 1. The average molecular weight is 417 g/mol. The van der Waals surface area contributed by atoms with Gasteiger partial charge in [0, 0.05) is 17.1 Å². The maximum Gasteiger partial charge on any atom is 0.281 e. The number of para-hydroxylation sites is 1. The molecule has 1 amide bonds. The maximum atomic E-state index is 12.9. The van der Waals surface area contributed by atoms with Crippen molar-refractivity contribution in [3.63, 3.8) is 0 Å². The number of fused-ring (bicyclic) bond motifs is 1. The lowest BCUT2D eigenvalue weighted by molar-refractivity contribution is -0.116. The normalized spacial score (nSPS) is 11.1. The molecule has 0 fully saturated rings. The molecule has 148 valence electrons. The Bertz CT molecular complexity index is 1380. The van der Waals surface area contributed by atoms with Gasteiger partial charge in [-0.1, -0.05) is 18.2 Å². The zero-order valence-electron chi connectivity index (χ0n) is 15.6. The van der Waals surface area contributed by atoms with Crippen molar-refractivity contribution in [2.45, 2.75) is 6.42 Å². The van der Waals surface area contributed by atoms with E-state index in [0.717, 1.165) is 15.9 Å². The Morgan fingerprint density at radius 1 is 1.17 bits per heavy atom. The first-order chi connectivity index (χ1) is 14.7. The summed E-state index contributed by atoms with van der Waals surface area (Å²) in [5.74, 6) is 0.234. The van der Waals surface area contributed by atoms with Gasteiger partial charge in [-0.2, -0.15) is 5.10 Å². The highest BCUT2D eigenvalue weighted by atomic mass is 32.1. The second-order valence-corrected chi connectivity index (χ2v) is 7.43. The van der Waals surface area contributed by atoms with Gasteiger partial charge in [-0.05, 0) is 29.8 Å². The molecular formula is C21H15N5O3S. The Kier molecular flexibility index (Phi) is 4.49. The first-order valence-corrected chi connectivity index (χ1v) is 9.98. The summed E-state index contributed by atoms with van der Waals surface area (Å²) in [5.41, 5.74) is 4.53. The second-order valence-electron chi connectivity index (χ2n) is 6.57. The predicted octanol–water partition coefficient (Wildman–Crippen LogP) is 3.22. The highest BCUT2D eigenvalue weighted by molar-refractivity contribution is 7.17. The van der Waals surface area contributed by atoms with Gasteiger partial charge in [0.1, 0.15) is 16.9 Å². The third-order valence-electron chi connectivity index (χ3n) is 4.55. The maximum absolute atomic E-state index is 12.9. The number of nitrogens with zero attached hydrogens (tertiary/aromatic N) is 4. The number of nitrogens with one attached hydrogen (secondary N) is 1. The van der Waals surface area contributed by atoms with Crippen LogP contribution >= 0.6 is 11.3 Å². The summed E-state index contributed by atoms with van der Waals surface area (Å²) in [4.78, 5) is 30.3. The number of hydrogen-bond acceptors (Lipinski definition) is 6. The second kappa shape index (κ2) is 7.45. The molecule has 4 heterocycles. The number of rotatable bonds is 5. The smallest absolute Gasteiger partial charge is 0.281 e. The van der Waals surface area contributed by atoms with Crippen LogP contribution < -0.4 is 11.0 Å². The fourth-order valence-electron chi connectivity index (χ4n) is 3.16. The summed E-state index contributed by atoms with van der Waals surface area (Å²) < 4.78 is 8.21. The molecule has 1 aromatic carbocycles. The molecule has 0 unspecified atom stereocenters. The van der Waals surface area contributed by atoms with Gasteiger partial charge in [-0.25, -0.2) is 14.3 Å². The summed E-state index contributed by atoms with van der Waals surface area (Å²) in [7, 11) is 0. The molecule has 0 aliphatic rings. The number of furan rings is 1. The summed E-state index contributed by atoms with van der Waals surface area (Å²) >= 11 is 1.35. The zero-order valence-corrected chi connectivity index (χ0v) is 16.4. The third-order valence-corrected chi connectivity index (χ3v) is 5.43.